The molecule has 3 aliphatic rings. The Morgan fingerprint density at radius 1 is 0.331 bits per heavy atom. The molecule has 3 saturated heterocycles. The van der Waals surface area contributed by atoms with E-state index in [4.69, 9.17) is 47.2 Å². The number of unbranched alkanes of at least 4 members (excludes halogenated alkanes) is 14. The minimum Gasteiger partial charge on any atom is -0.396 e. The Labute approximate surface area is 798 Å². The second-order valence-electron chi connectivity index (χ2n) is 33.4. The van der Waals surface area contributed by atoms with Crippen molar-refractivity contribution >= 4 is 78.7 Å². The standard InChI is InChI=1S/C86H157N12O35P.C2H6/c1-57(103)94-73-79(116)76(113)63(53-100)131-84(73)127-49-46-124-43-40-90-69(109)32-15-13-30-67(107)88-37-24-20-27-61(82(119)93-39-22-11-9-7-5-6-8-10-12-29-66(106)87-36-23-19-26-60(52-99)56-130-134(121,122)123-4)98-83(120)62(97-72(112)35-18-17-34-71(111)92-42-45-126-48-51-129-86-75(96-59(3)105)81(118)78(115)65(55-102)133-86)28-21-25-38-89-68(108)31-14-16-33-70(110)91-41-44-125-47-50-128-85-74(95-58(2)104)80(117)77(114)64(54-101)132-85;1-2/h60-65,73-81,84-86,99-102,113-118H,5-56H2,1-4H3,(H,87,106)(H,88,107)(H,89,108)(H,90,109)(H,91,110)(H,92,111)(H,93,119)(H,94,103)(H,95,104)(H,96,105)(H,97,112)(H,98,120)(H,121,122);1-2H3/t60?,61-,62-,63?,64?,65?,73?,74?,75?,76?,77?,78?,79?,80?,81?,84?,85?,86?;/m0./s1. The van der Waals surface area contributed by atoms with Gasteiger partial charge in [0.1, 0.15) is 85.1 Å². The maximum absolute atomic E-state index is 14.5. The van der Waals surface area contributed by atoms with Gasteiger partial charge in [-0.1, -0.05) is 65.2 Å². The molecular formula is C88H163N12O35P. The van der Waals surface area contributed by atoms with Crippen molar-refractivity contribution in [1.82, 2.24) is 63.8 Å². The van der Waals surface area contributed by atoms with E-state index in [9.17, 15) is 118 Å². The number of phosphoric ester groups is 1. The summed E-state index contributed by atoms with van der Waals surface area (Å²) in [6, 6.07) is -5.57. The summed E-state index contributed by atoms with van der Waals surface area (Å²) < 4.78 is 71.0. The highest BCUT2D eigenvalue weighted by Crippen LogP contribution is 2.42. The lowest BCUT2D eigenvalue weighted by atomic mass is 9.97. The number of aliphatic hydroxyl groups is 10. The molecule has 0 spiro atoms. The molecule has 3 rings (SSSR count). The lowest BCUT2D eigenvalue weighted by Gasteiger charge is -2.42. The summed E-state index contributed by atoms with van der Waals surface area (Å²) >= 11 is 0. The Bertz CT molecular complexity index is 3380. The van der Waals surface area contributed by atoms with E-state index in [0.717, 1.165) is 58.5 Å². The van der Waals surface area contributed by atoms with E-state index in [1.165, 1.54) is 20.8 Å². The Morgan fingerprint density at radius 3 is 0.926 bits per heavy atom. The lowest BCUT2D eigenvalue weighted by molar-refractivity contribution is -0.272. The van der Waals surface area contributed by atoms with Crippen molar-refractivity contribution in [3.63, 3.8) is 0 Å². The van der Waals surface area contributed by atoms with Crippen LogP contribution in [0.15, 0.2) is 0 Å². The highest BCUT2D eigenvalue weighted by atomic mass is 31.2. The van der Waals surface area contributed by atoms with E-state index < -0.39 is 167 Å². The molecular weight excluding hydrogens is 1820 g/mol. The van der Waals surface area contributed by atoms with Crippen LogP contribution in [-0.2, 0) is 114 Å². The Morgan fingerprint density at radius 2 is 0.610 bits per heavy atom. The van der Waals surface area contributed by atoms with E-state index in [0.29, 0.717) is 96.6 Å². The van der Waals surface area contributed by atoms with Gasteiger partial charge in [0.25, 0.3) is 0 Å². The van der Waals surface area contributed by atoms with Gasteiger partial charge in [-0.05, 0) is 103 Å². The fraction of sp³-hybridized carbons (Fsp3) is 0.864. The molecule has 790 valence electrons. The zero-order valence-electron chi connectivity index (χ0n) is 80.3. The van der Waals surface area contributed by atoms with Crippen LogP contribution in [0.3, 0.4) is 0 Å². The van der Waals surface area contributed by atoms with Gasteiger partial charge in [-0.2, -0.15) is 0 Å². The predicted molar refractivity (Wildman–Crippen MR) is 489 cm³/mol. The Kier molecular flexibility index (Phi) is 70.6. The average molecular weight is 1980 g/mol. The molecule has 19 atom stereocenters. The molecule has 47 nitrogen and oxygen atoms in total. The Hall–Kier alpha value is -7.01. The highest BCUT2D eigenvalue weighted by molar-refractivity contribution is 7.47. The van der Waals surface area contributed by atoms with Crippen molar-refractivity contribution < 1.29 is 170 Å². The fourth-order valence-electron chi connectivity index (χ4n) is 14.6. The number of carbonyl (C=O) groups excluding carboxylic acids is 12. The van der Waals surface area contributed by atoms with E-state index >= 15 is 0 Å². The predicted octanol–water partition coefficient (Wildman–Crippen LogP) is -2.81. The molecule has 17 unspecified atom stereocenters. The summed E-state index contributed by atoms with van der Waals surface area (Å²) in [5.41, 5.74) is 0. The summed E-state index contributed by atoms with van der Waals surface area (Å²) in [5, 5.41) is 133. The quantitative estimate of drug-likeness (QED) is 0.0216. The van der Waals surface area contributed by atoms with Crippen LogP contribution >= 0.6 is 7.82 Å². The van der Waals surface area contributed by atoms with E-state index in [1.54, 1.807) is 0 Å². The van der Waals surface area contributed by atoms with Crippen LogP contribution in [0.4, 0.5) is 0 Å². The second kappa shape index (κ2) is 76.8. The number of ether oxygens (including phenoxy) is 9. The van der Waals surface area contributed by atoms with Gasteiger partial charge in [0, 0.05) is 131 Å². The smallest absolute Gasteiger partial charge is 0.396 e. The number of aliphatic hydroxyl groups excluding tert-OH is 10. The number of phosphoric acid groups is 1. The summed E-state index contributed by atoms with van der Waals surface area (Å²) in [7, 11) is -3.08. The van der Waals surface area contributed by atoms with Gasteiger partial charge in [0.05, 0.1) is 85.9 Å². The zero-order valence-corrected chi connectivity index (χ0v) is 81.2. The van der Waals surface area contributed by atoms with Crippen LogP contribution in [0.25, 0.3) is 0 Å². The molecule has 0 radical (unpaired) electrons. The maximum atomic E-state index is 14.5. The molecule has 0 saturated carbocycles. The van der Waals surface area contributed by atoms with Crippen LogP contribution < -0.4 is 63.8 Å². The first-order valence-electron chi connectivity index (χ1n) is 48.2. The first kappa shape index (κ1) is 125. The minimum absolute atomic E-state index is 0.00929. The number of hydrogen-bond donors (Lipinski definition) is 23. The normalized spacial score (nSPS) is 22.5. The molecule has 48 heteroatoms. The number of hydrogen-bond acceptors (Lipinski definition) is 34. The third-order valence-electron chi connectivity index (χ3n) is 22.1. The van der Waals surface area contributed by atoms with E-state index in [2.05, 4.69) is 68.3 Å². The Balaban J connectivity index is 0.0000311. The van der Waals surface area contributed by atoms with Crippen LogP contribution in [0.5, 0.6) is 0 Å². The van der Waals surface area contributed by atoms with Crippen LogP contribution in [0.1, 0.15) is 234 Å². The first-order chi connectivity index (χ1) is 65.3. The second-order valence-corrected chi connectivity index (χ2v) is 34.9. The van der Waals surface area contributed by atoms with Crippen molar-refractivity contribution in [3.05, 3.63) is 0 Å². The average Bonchev–Trinajstić information content (AvgIpc) is 0.816. The van der Waals surface area contributed by atoms with Crippen molar-refractivity contribution in [3.8, 4) is 0 Å². The molecule has 0 aromatic carbocycles. The molecule has 3 aliphatic heterocycles. The van der Waals surface area contributed by atoms with Gasteiger partial charge in [-0.3, -0.25) is 66.6 Å². The topological polar surface area (TPSA) is 690 Å². The monoisotopic (exact) mass is 1980 g/mol. The molecule has 0 aromatic rings. The van der Waals surface area contributed by atoms with Crippen molar-refractivity contribution in [1.29, 1.82) is 0 Å². The van der Waals surface area contributed by atoms with Gasteiger partial charge in [0.15, 0.2) is 18.9 Å². The van der Waals surface area contributed by atoms with Crippen molar-refractivity contribution in [2.75, 3.05) is 145 Å². The zero-order chi connectivity index (χ0) is 101. The van der Waals surface area contributed by atoms with Gasteiger partial charge in [-0.15, -0.1) is 0 Å². The molecule has 0 bridgehead atoms. The largest absolute Gasteiger partial charge is 0.471 e. The fourth-order valence-corrected chi connectivity index (χ4v) is 15.1. The molecule has 0 aliphatic carbocycles. The number of rotatable bonds is 78. The van der Waals surface area contributed by atoms with Crippen molar-refractivity contribution in [2.45, 2.75) is 338 Å². The van der Waals surface area contributed by atoms with Crippen LogP contribution in [0.2, 0.25) is 0 Å². The maximum Gasteiger partial charge on any atom is 0.471 e. The van der Waals surface area contributed by atoms with E-state index in [1.807, 2.05) is 13.8 Å². The number of amides is 12. The summed E-state index contributed by atoms with van der Waals surface area (Å²) in [4.78, 5) is 163. The summed E-state index contributed by atoms with van der Waals surface area (Å²) in [5.74, 6) is -4.89. The van der Waals surface area contributed by atoms with Crippen LogP contribution in [-0.4, -0.2) is 376 Å². The molecule has 0 aromatic heterocycles. The SMILES string of the molecule is CC.COP(=O)(O)OCC(CO)CCCCNC(=O)CCCCCCCCCCCNC(=O)[C@H](CCCCNC(=O)CCCCC(=O)NCCOCCOC1OC(CO)C(O)C(O)C1NC(C)=O)NC(=O)[C@H](CCCCNC(=O)CCCCC(=O)NCCOCCOC1OC(CO)C(O)C(O)C1NC(C)=O)NC(=O)CCCCC(=O)NCCOCCOC1OC(CO)C(O)C(O)C1NC(C)=O. The molecule has 136 heavy (non-hydrogen) atoms. The van der Waals surface area contributed by atoms with Crippen molar-refractivity contribution in [2.24, 2.45) is 5.92 Å². The van der Waals surface area contributed by atoms with Gasteiger partial charge in [-0.25, -0.2) is 4.57 Å². The number of nitrogens with one attached hydrogen (secondary N) is 12. The van der Waals surface area contributed by atoms with Gasteiger partial charge >= 0.3 is 7.82 Å². The van der Waals surface area contributed by atoms with Gasteiger partial charge < -0.3 is 162 Å². The van der Waals surface area contributed by atoms with Crippen LogP contribution in [0, 0.1) is 5.92 Å². The molecule has 12 amide bonds. The third-order valence-corrected chi connectivity index (χ3v) is 23.1. The van der Waals surface area contributed by atoms with Gasteiger partial charge in [0.2, 0.25) is 70.9 Å². The summed E-state index contributed by atoms with van der Waals surface area (Å²) in [6.07, 6.45) is -1.37. The molecule has 23 N–H and O–H groups in total. The highest BCUT2D eigenvalue weighted by Gasteiger charge is 2.48. The van der Waals surface area contributed by atoms with E-state index in [-0.39, 0.29) is 211 Å². The minimum atomic E-state index is -4.14. The number of carbonyl (C=O) groups is 12. The lowest BCUT2D eigenvalue weighted by Crippen LogP contribution is -2.64. The first-order valence-corrected chi connectivity index (χ1v) is 49.7. The third kappa shape index (κ3) is 57.0. The molecule has 3 heterocycles. The molecule has 3 fully saturated rings. The summed E-state index contributed by atoms with van der Waals surface area (Å²) in [6.45, 7) is 7.36.